The van der Waals surface area contributed by atoms with Crippen LogP contribution in [0.5, 0.6) is 0 Å². The van der Waals surface area contributed by atoms with Gasteiger partial charge in [-0.2, -0.15) is 0 Å². The average molecular weight is 318 g/mol. The number of aryl methyl sites for hydroxylation is 2. The van der Waals surface area contributed by atoms with Gasteiger partial charge in [0.05, 0.1) is 29.0 Å². The lowest BCUT2D eigenvalue weighted by atomic mass is 9.93. The van der Waals surface area contributed by atoms with E-state index < -0.39 is 5.92 Å². The average Bonchev–Trinajstić information content (AvgIpc) is 3.06. The number of imidazole rings is 1. The van der Waals surface area contributed by atoms with E-state index in [1.165, 1.54) is 17.5 Å². The fraction of sp³-hybridized carbons (Fsp3) is 0.467. The van der Waals surface area contributed by atoms with Gasteiger partial charge in [0, 0.05) is 13.6 Å². The molecule has 0 saturated heterocycles. The second kappa shape index (κ2) is 6.00. The third kappa shape index (κ3) is 2.56. The van der Waals surface area contributed by atoms with Crippen molar-refractivity contribution in [1.29, 1.82) is 0 Å². The fourth-order valence-electron chi connectivity index (χ4n) is 2.73. The first-order valence-electron chi connectivity index (χ1n) is 7.40. The summed E-state index contributed by atoms with van der Waals surface area (Å²) in [6.45, 7) is 2.75. The van der Waals surface area contributed by atoms with Gasteiger partial charge < -0.3 is 9.88 Å². The zero-order valence-electron chi connectivity index (χ0n) is 12.6. The number of Topliss-reactive ketones (excluding diaryl/α,β-unsaturated/α-hetero) is 2. The highest BCUT2D eigenvalue weighted by molar-refractivity contribution is 7.17. The highest BCUT2D eigenvalue weighted by Gasteiger charge is 2.34. The number of fused-ring (bicyclic) bond motifs is 1. The fourth-order valence-corrected chi connectivity index (χ4v) is 3.80. The SMILES string of the molecule is CCNc1nc2c(s1)C(=O)C(C(=O)c1cncn1C)CCC2. The third-order valence-electron chi connectivity index (χ3n) is 3.86. The molecule has 1 atom stereocenters. The summed E-state index contributed by atoms with van der Waals surface area (Å²) < 4.78 is 1.66. The number of rotatable bonds is 4. The zero-order chi connectivity index (χ0) is 15.7. The van der Waals surface area contributed by atoms with Crippen molar-refractivity contribution in [1.82, 2.24) is 14.5 Å². The summed E-state index contributed by atoms with van der Waals surface area (Å²) in [4.78, 5) is 34.6. The summed E-state index contributed by atoms with van der Waals surface area (Å²) in [6.07, 6.45) is 5.22. The number of aromatic nitrogens is 3. The molecule has 0 saturated carbocycles. The normalized spacial score (nSPS) is 17.9. The van der Waals surface area contributed by atoms with E-state index in [4.69, 9.17) is 0 Å². The summed E-state index contributed by atoms with van der Waals surface area (Å²) in [5.41, 5.74) is 1.31. The minimum atomic E-state index is -0.619. The standard InChI is InChI=1S/C15H18N4O2S/c1-3-17-15-18-10-6-4-5-9(13(21)14(10)22-15)12(20)11-7-16-8-19(11)2/h7-9H,3-6H2,1-2H3,(H,17,18). The maximum Gasteiger partial charge on any atom is 0.191 e. The minimum Gasteiger partial charge on any atom is -0.362 e. The Bertz CT molecular complexity index is 719. The number of hydrogen-bond acceptors (Lipinski definition) is 6. The number of ketones is 2. The Morgan fingerprint density at radius 1 is 1.55 bits per heavy atom. The Kier molecular flexibility index (Phi) is 4.06. The number of carbonyl (C=O) groups excluding carboxylic acids is 2. The van der Waals surface area contributed by atoms with Gasteiger partial charge >= 0.3 is 0 Å². The van der Waals surface area contributed by atoms with Gasteiger partial charge in [-0.05, 0) is 26.2 Å². The van der Waals surface area contributed by atoms with Crippen LogP contribution in [0.4, 0.5) is 5.13 Å². The summed E-state index contributed by atoms with van der Waals surface area (Å²) in [7, 11) is 1.77. The number of thiazole rings is 1. The summed E-state index contributed by atoms with van der Waals surface area (Å²) in [5, 5.41) is 3.90. The molecule has 1 unspecified atom stereocenters. The van der Waals surface area contributed by atoms with Crippen LogP contribution in [0.25, 0.3) is 0 Å². The van der Waals surface area contributed by atoms with E-state index in [1.54, 1.807) is 17.9 Å². The van der Waals surface area contributed by atoms with Crippen LogP contribution in [0.3, 0.4) is 0 Å². The molecule has 0 aliphatic heterocycles. The molecule has 22 heavy (non-hydrogen) atoms. The van der Waals surface area contributed by atoms with Crippen molar-refractivity contribution < 1.29 is 9.59 Å². The Labute approximate surface area is 132 Å². The van der Waals surface area contributed by atoms with E-state index in [2.05, 4.69) is 15.3 Å². The van der Waals surface area contributed by atoms with Crippen LogP contribution in [-0.2, 0) is 13.5 Å². The molecule has 0 aromatic carbocycles. The van der Waals surface area contributed by atoms with Gasteiger partial charge in [0.1, 0.15) is 5.69 Å². The number of hydrogen-bond donors (Lipinski definition) is 1. The quantitative estimate of drug-likeness (QED) is 0.532. The van der Waals surface area contributed by atoms with E-state index in [0.29, 0.717) is 17.0 Å². The molecular weight excluding hydrogens is 300 g/mol. The van der Waals surface area contributed by atoms with Crippen LogP contribution in [-0.4, -0.2) is 32.6 Å². The molecule has 1 N–H and O–H groups in total. The Morgan fingerprint density at radius 3 is 3.05 bits per heavy atom. The molecule has 2 aromatic heterocycles. The topological polar surface area (TPSA) is 76.9 Å². The van der Waals surface area contributed by atoms with E-state index in [1.807, 2.05) is 6.92 Å². The highest BCUT2D eigenvalue weighted by atomic mass is 32.1. The van der Waals surface area contributed by atoms with Gasteiger partial charge in [0.25, 0.3) is 0 Å². The molecule has 0 radical (unpaired) electrons. The van der Waals surface area contributed by atoms with Gasteiger partial charge in [-0.15, -0.1) is 0 Å². The molecule has 2 heterocycles. The lowest BCUT2D eigenvalue weighted by molar-refractivity contribution is 0.0799. The molecule has 1 aliphatic carbocycles. The largest absolute Gasteiger partial charge is 0.362 e. The second-order valence-electron chi connectivity index (χ2n) is 5.39. The molecule has 0 fully saturated rings. The summed E-state index contributed by atoms with van der Waals surface area (Å²) in [5.74, 6) is -0.858. The highest BCUT2D eigenvalue weighted by Crippen LogP contribution is 2.32. The van der Waals surface area contributed by atoms with Crippen LogP contribution in [0.15, 0.2) is 12.5 Å². The molecule has 116 valence electrons. The lowest BCUT2D eigenvalue weighted by Gasteiger charge is -2.11. The van der Waals surface area contributed by atoms with Crippen LogP contribution >= 0.6 is 11.3 Å². The molecule has 0 spiro atoms. The minimum absolute atomic E-state index is 0.0969. The number of nitrogens with one attached hydrogen (secondary N) is 1. The van der Waals surface area contributed by atoms with Crippen molar-refractivity contribution in [3.8, 4) is 0 Å². The van der Waals surface area contributed by atoms with Crippen molar-refractivity contribution in [2.45, 2.75) is 26.2 Å². The van der Waals surface area contributed by atoms with E-state index >= 15 is 0 Å². The lowest BCUT2D eigenvalue weighted by Crippen LogP contribution is -2.24. The van der Waals surface area contributed by atoms with Gasteiger partial charge in [-0.1, -0.05) is 11.3 Å². The Hall–Kier alpha value is -2.02. The van der Waals surface area contributed by atoms with Crippen molar-refractivity contribution in [3.63, 3.8) is 0 Å². The summed E-state index contributed by atoms with van der Waals surface area (Å²) >= 11 is 1.36. The molecule has 0 amide bonds. The molecule has 7 heteroatoms. The summed E-state index contributed by atoms with van der Waals surface area (Å²) in [6, 6.07) is 0. The number of carbonyl (C=O) groups is 2. The second-order valence-corrected chi connectivity index (χ2v) is 6.39. The van der Waals surface area contributed by atoms with Crippen LogP contribution < -0.4 is 5.32 Å². The Morgan fingerprint density at radius 2 is 2.36 bits per heavy atom. The zero-order valence-corrected chi connectivity index (χ0v) is 13.4. The smallest absolute Gasteiger partial charge is 0.191 e. The van der Waals surface area contributed by atoms with Gasteiger partial charge in [-0.25, -0.2) is 9.97 Å². The predicted octanol–water partition coefficient (Wildman–Crippen LogP) is 2.33. The first-order valence-corrected chi connectivity index (χ1v) is 8.21. The maximum absolute atomic E-state index is 12.8. The van der Waals surface area contributed by atoms with Crippen molar-refractivity contribution in [2.75, 3.05) is 11.9 Å². The number of anilines is 1. The third-order valence-corrected chi connectivity index (χ3v) is 4.93. The van der Waals surface area contributed by atoms with E-state index in [9.17, 15) is 9.59 Å². The monoisotopic (exact) mass is 318 g/mol. The molecular formula is C15H18N4O2S. The first kappa shape index (κ1) is 14.9. The molecule has 2 aromatic rings. The van der Waals surface area contributed by atoms with Gasteiger partial charge in [0.2, 0.25) is 0 Å². The molecule has 3 rings (SSSR count). The number of nitrogens with zero attached hydrogens (tertiary/aromatic N) is 3. The first-order chi connectivity index (χ1) is 10.6. The Balaban J connectivity index is 1.92. The van der Waals surface area contributed by atoms with Crippen molar-refractivity contribution in [3.05, 3.63) is 28.8 Å². The van der Waals surface area contributed by atoms with Crippen molar-refractivity contribution >= 4 is 28.0 Å². The van der Waals surface area contributed by atoms with E-state index in [-0.39, 0.29) is 11.6 Å². The molecule has 1 aliphatic rings. The van der Waals surface area contributed by atoms with Crippen LogP contribution in [0, 0.1) is 5.92 Å². The van der Waals surface area contributed by atoms with Crippen LogP contribution in [0.1, 0.15) is 45.6 Å². The van der Waals surface area contributed by atoms with E-state index in [0.717, 1.165) is 30.2 Å². The molecule has 0 bridgehead atoms. The van der Waals surface area contributed by atoms with Gasteiger partial charge in [0.15, 0.2) is 16.7 Å². The maximum atomic E-state index is 12.8. The predicted molar refractivity (Wildman–Crippen MR) is 84.6 cm³/mol. The van der Waals surface area contributed by atoms with Crippen LogP contribution in [0.2, 0.25) is 0 Å². The molecule has 6 nitrogen and oxygen atoms in total. The van der Waals surface area contributed by atoms with Crippen molar-refractivity contribution in [2.24, 2.45) is 13.0 Å². The van der Waals surface area contributed by atoms with Gasteiger partial charge in [-0.3, -0.25) is 9.59 Å².